The lowest BCUT2D eigenvalue weighted by Crippen LogP contribution is -2.43. The van der Waals surface area contributed by atoms with Crippen LogP contribution in [0, 0.1) is 0 Å². The lowest BCUT2D eigenvalue weighted by molar-refractivity contribution is 0.320. The van der Waals surface area contributed by atoms with Crippen LogP contribution in [0.5, 0.6) is 0 Å². The van der Waals surface area contributed by atoms with Gasteiger partial charge in [0.05, 0.1) is 13.2 Å². The van der Waals surface area contributed by atoms with Gasteiger partial charge in [-0.25, -0.2) is 0 Å². The third-order valence-corrected chi connectivity index (χ3v) is 12.9. The molecule has 2 aromatic heterocycles. The summed E-state index contributed by atoms with van der Waals surface area (Å²) in [5.74, 6) is 0. The van der Waals surface area contributed by atoms with Crippen LogP contribution in [0.15, 0.2) is 12.1 Å². The average Bonchev–Trinajstić information content (AvgIpc) is 3.22. The van der Waals surface area contributed by atoms with Crippen molar-refractivity contribution in [3.63, 3.8) is 0 Å². The molecule has 3 aliphatic heterocycles. The second kappa shape index (κ2) is 8.78. The van der Waals surface area contributed by atoms with Crippen molar-refractivity contribution in [3.05, 3.63) is 46.0 Å². The zero-order chi connectivity index (χ0) is 22.3. The van der Waals surface area contributed by atoms with E-state index in [1.54, 1.807) is 0 Å². The SMILES string of the molecule is C[Si]1(C)OCc2cc3nc(c21)CCCCCc1nc(cc2c1[Si](C)(C)OC2)CCCCC3. The van der Waals surface area contributed by atoms with Crippen molar-refractivity contribution in [1.82, 2.24) is 9.97 Å². The van der Waals surface area contributed by atoms with Crippen molar-refractivity contribution < 1.29 is 8.85 Å². The molecular weight excluding hydrogens is 428 g/mol. The number of pyridine rings is 2. The Bertz CT molecular complexity index is 940. The average molecular weight is 467 g/mol. The van der Waals surface area contributed by atoms with E-state index in [1.807, 2.05) is 0 Å². The van der Waals surface area contributed by atoms with Crippen molar-refractivity contribution in [3.8, 4) is 0 Å². The van der Waals surface area contributed by atoms with Crippen LogP contribution in [0.2, 0.25) is 26.2 Å². The van der Waals surface area contributed by atoms with E-state index in [4.69, 9.17) is 18.8 Å². The molecule has 3 aliphatic rings. The summed E-state index contributed by atoms with van der Waals surface area (Å²) in [6, 6.07) is 4.70. The molecule has 0 unspecified atom stereocenters. The van der Waals surface area contributed by atoms with Gasteiger partial charge in [-0.05, 0) is 111 Å². The van der Waals surface area contributed by atoms with Gasteiger partial charge in [0.1, 0.15) is 0 Å². The summed E-state index contributed by atoms with van der Waals surface area (Å²) < 4.78 is 12.5. The summed E-state index contributed by atoms with van der Waals surface area (Å²) in [5, 5.41) is 3.00. The fourth-order valence-electron chi connectivity index (χ4n) is 5.97. The Kier molecular flexibility index (Phi) is 6.16. The normalized spacial score (nSPS) is 22.4. The van der Waals surface area contributed by atoms with E-state index in [2.05, 4.69) is 38.3 Å². The molecule has 4 nitrogen and oxygen atoms in total. The minimum absolute atomic E-state index is 0.796. The summed E-state index contributed by atoms with van der Waals surface area (Å²) in [5.41, 5.74) is 8.13. The number of hydrogen-bond donors (Lipinski definition) is 0. The topological polar surface area (TPSA) is 44.2 Å². The van der Waals surface area contributed by atoms with Gasteiger partial charge in [-0.1, -0.05) is 12.8 Å². The molecule has 172 valence electrons. The van der Waals surface area contributed by atoms with Gasteiger partial charge < -0.3 is 8.85 Å². The third kappa shape index (κ3) is 4.39. The Morgan fingerprint density at radius 1 is 0.594 bits per heavy atom. The first-order valence-corrected chi connectivity index (χ1v) is 18.5. The Morgan fingerprint density at radius 2 is 1.00 bits per heavy atom. The van der Waals surface area contributed by atoms with Crippen molar-refractivity contribution in [2.45, 2.75) is 104 Å². The molecule has 0 amide bonds. The highest BCUT2D eigenvalue weighted by Gasteiger charge is 2.38. The highest BCUT2D eigenvalue weighted by Crippen LogP contribution is 2.26. The lowest BCUT2D eigenvalue weighted by Gasteiger charge is -2.20. The van der Waals surface area contributed by atoms with E-state index in [9.17, 15) is 0 Å². The smallest absolute Gasteiger partial charge is 0.220 e. The van der Waals surface area contributed by atoms with Crippen LogP contribution in [-0.2, 0) is 47.7 Å². The second-order valence-corrected chi connectivity index (χ2v) is 18.5. The van der Waals surface area contributed by atoms with Crippen LogP contribution < -0.4 is 10.4 Å². The fraction of sp³-hybridized carbons (Fsp3) is 0.615. The fourth-order valence-corrected chi connectivity index (χ4v) is 10.9. The van der Waals surface area contributed by atoms with Crippen molar-refractivity contribution in [2.75, 3.05) is 0 Å². The van der Waals surface area contributed by atoms with E-state index >= 15 is 0 Å². The molecular formula is C26H38N2O2Si2. The van der Waals surface area contributed by atoms with Gasteiger partial charge in [-0.15, -0.1) is 0 Å². The minimum atomic E-state index is -1.79. The summed E-state index contributed by atoms with van der Waals surface area (Å²) in [6.07, 6.45) is 11.6. The van der Waals surface area contributed by atoms with E-state index in [-0.39, 0.29) is 0 Å². The molecule has 5 rings (SSSR count). The Balaban J connectivity index is 1.39. The first-order chi connectivity index (χ1) is 15.3. The van der Waals surface area contributed by atoms with Gasteiger partial charge in [0.2, 0.25) is 16.6 Å². The Morgan fingerprint density at radius 3 is 1.44 bits per heavy atom. The Hall–Kier alpha value is -1.35. The molecule has 0 N–H and O–H groups in total. The molecule has 0 radical (unpaired) electrons. The molecule has 0 saturated heterocycles. The molecule has 0 aliphatic carbocycles. The van der Waals surface area contributed by atoms with Gasteiger partial charge in [0.25, 0.3) is 0 Å². The monoisotopic (exact) mass is 466 g/mol. The number of aryl methyl sites for hydroxylation is 4. The van der Waals surface area contributed by atoms with Crippen molar-refractivity contribution >= 4 is 27.0 Å². The van der Waals surface area contributed by atoms with Gasteiger partial charge in [0, 0.05) is 22.8 Å². The molecule has 5 heterocycles. The minimum Gasteiger partial charge on any atom is -0.409 e. The summed E-state index contributed by atoms with van der Waals surface area (Å²) >= 11 is 0. The molecule has 0 aromatic carbocycles. The summed E-state index contributed by atoms with van der Waals surface area (Å²) in [7, 11) is -3.58. The molecule has 0 atom stereocenters. The number of hydrogen-bond acceptors (Lipinski definition) is 4. The molecule has 0 spiro atoms. The van der Waals surface area contributed by atoms with Crippen molar-refractivity contribution in [2.24, 2.45) is 0 Å². The standard InChI is InChI=1S/C26H38N2O2Si2/c1-31(2)25-19(17-29-31)15-21-11-7-5-8-12-22-16-20-18-30-32(3,4)26(20)24(28-22)14-10-6-9-13-23(25)27-21/h15-16H,5-14,17-18H2,1-4H3. The molecule has 6 heteroatoms. The van der Waals surface area contributed by atoms with E-state index in [0.29, 0.717) is 0 Å². The van der Waals surface area contributed by atoms with E-state index in [1.165, 1.54) is 82.8 Å². The number of fused-ring (bicyclic) bond motifs is 8. The first-order valence-electron chi connectivity index (χ1n) is 12.7. The second-order valence-electron chi connectivity index (χ2n) is 10.9. The van der Waals surface area contributed by atoms with Crippen LogP contribution >= 0.6 is 0 Å². The molecule has 32 heavy (non-hydrogen) atoms. The van der Waals surface area contributed by atoms with E-state index in [0.717, 1.165) is 38.9 Å². The molecule has 0 fully saturated rings. The predicted octanol–water partition coefficient (Wildman–Crippen LogP) is 4.59. The largest absolute Gasteiger partial charge is 0.409 e. The van der Waals surface area contributed by atoms with Gasteiger partial charge >= 0.3 is 0 Å². The lowest BCUT2D eigenvalue weighted by atomic mass is 10.0. The first kappa shape index (κ1) is 22.4. The van der Waals surface area contributed by atoms with Crippen LogP contribution in [-0.4, -0.2) is 26.6 Å². The highest BCUT2D eigenvalue weighted by atomic mass is 28.4. The van der Waals surface area contributed by atoms with Crippen LogP contribution in [0.1, 0.15) is 72.4 Å². The number of nitrogens with zero attached hydrogens (tertiary/aromatic N) is 2. The van der Waals surface area contributed by atoms with Gasteiger partial charge in [-0.3, -0.25) is 9.97 Å². The van der Waals surface area contributed by atoms with Gasteiger partial charge in [0.15, 0.2) is 0 Å². The molecule has 0 saturated carbocycles. The summed E-state index contributed by atoms with van der Waals surface area (Å²) in [4.78, 5) is 10.4. The number of rotatable bonds is 0. The summed E-state index contributed by atoms with van der Waals surface area (Å²) in [6.45, 7) is 10.9. The maximum absolute atomic E-state index is 6.27. The maximum Gasteiger partial charge on any atom is 0.220 e. The zero-order valence-corrected chi connectivity index (χ0v) is 22.4. The van der Waals surface area contributed by atoms with Crippen LogP contribution in [0.4, 0.5) is 0 Å². The van der Waals surface area contributed by atoms with Crippen LogP contribution in [0.25, 0.3) is 0 Å². The third-order valence-electron chi connectivity index (χ3n) is 7.53. The van der Waals surface area contributed by atoms with Gasteiger partial charge in [-0.2, -0.15) is 0 Å². The maximum atomic E-state index is 6.27. The Labute approximate surface area is 195 Å². The molecule has 2 aromatic rings. The quantitative estimate of drug-likeness (QED) is 0.533. The van der Waals surface area contributed by atoms with Crippen molar-refractivity contribution in [1.29, 1.82) is 0 Å². The number of aromatic nitrogens is 2. The zero-order valence-electron chi connectivity index (χ0n) is 20.4. The van der Waals surface area contributed by atoms with E-state index < -0.39 is 16.6 Å². The molecule has 4 bridgehead atoms. The predicted molar refractivity (Wildman–Crippen MR) is 135 cm³/mol. The van der Waals surface area contributed by atoms with Crippen LogP contribution in [0.3, 0.4) is 0 Å². The highest BCUT2D eigenvalue weighted by molar-refractivity contribution is 6.86.